The maximum Gasteiger partial charge on any atom is 0.247 e. The molecular formula is C20H26N4O3. The van der Waals surface area contributed by atoms with Crippen molar-refractivity contribution in [2.45, 2.75) is 32.6 Å². The maximum atomic E-state index is 12.4. The molecule has 2 aliphatic heterocycles. The van der Waals surface area contributed by atoms with E-state index in [4.69, 9.17) is 9.15 Å². The average Bonchev–Trinajstić information content (AvgIpc) is 3.17. The fraction of sp³-hybridized carbons (Fsp3) is 0.550. The SMILES string of the molecule is Cc1cc(-c2nnc(CC(=O)N3CCCCC3)o2)cc(N2CCOCC2)c1. The van der Waals surface area contributed by atoms with Crippen molar-refractivity contribution in [1.29, 1.82) is 0 Å². The molecule has 2 aromatic rings. The lowest BCUT2D eigenvalue weighted by Gasteiger charge is -2.29. The number of nitrogens with zero attached hydrogens (tertiary/aromatic N) is 4. The third-order valence-corrected chi connectivity index (χ3v) is 5.16. The largest absolute Gasteiger partial charge is 0.420 e. The van der Waals surface area contributed by atoms with Crippen LogP contribution >= 0.6 is 0 Å². The Balaban J connectivity index is 1.49. The van der Waals surface area contributed by atoms with Gasteiger partial charge in [0.2, 0.25) is 17.7 Å². The standard InChI is InChI=1S/C20H26N4O3/c1-15-11-16(13-17(12-15)23-7-9-26-10-8-23)20-22-21-18(27-20)14-19(25)24-5-3-2-4-6-24/h11-13H,2-10,14H2,1H3. The summed E-state index contributed by atoms with van der Waals surface area (Å²) >= 11 is 0. The molecule has 2 fully saturated rings. The highest BCUT2D eigenvalue weighted by atomic mass is 16.5. The molecule has 0 bridgehead atoms. The van der Waals surface area contributed by atoms with E-state index in [-0.39, 0.29) is 12.3 Å². The molecule has 0 aliphatic carbocycles. The highest BCUT2D eigenvalue weighted by Crippen LogP contribution is 2.27. The summed E-state index contributed by atoms with van der Waals surface area (Å²) in [7, 11) is 0. The molecule has 0 saturated carbocycles. The van der Waals surface area contributed by atoms with E-state index >= 15 is 0 Å². The predicted molar refractivity (Wildman–Crippen MR) is 102 cm³/mol. The molecule has 0 atom stereocenters. The topological polar surface area (TPSA) is 71.7 Å². The first kappa shape index (κ1) is 18.0. The number of hydrogen-bond acceptors (Lipinski definition) is 6. The number of morpholine rings is 1. The fourth-order valence-electron chi connectivity index (χ4n) is 3.72. The zero-order valence-corrected chi connectivity index (χ0v) is 15.8. The van der Waals surface area contributed by atoms with Gasteiger partial charge in [0.05, 0.1) is 13.2 Å². The highest BCUT2D eigenvalue weighted by Gasteiger charge is 2.20. The Kier molecular flexibility index (Phi) is 5.38. The van der Waals surface area contributed by atoms with Crippen molar-refractivity contribution in [2.75, 3.05) is 44.3 Å². The predicted octanol–water partition coefficient (Wildman–Crippen LogP) is 2.44. The normalized spacial score (nSPS) is 18.0. The van der Waals surface area contributed by atoms with Gasteiger partial charge >= 0.3 is 0 Å². The molecule has 4 rings (SSSR count). The van der Waals surface area contributed by atoms with E-state index in [1.54, 1.807) is 0 Å². The second kappa shape index (κ2) is 8.08. The minimum atomic E-state index is 0.0724. The maximum absolute atomic E-state index is 12.4. The van der Waals surface area contributed by atoms with Crippen LogP contribution in [0.25, 0.3) is 11.5 Å². The number of aryl methyl sites for hydroxylation is 1. The summed E-state index contributed by atoms with van der Waals surface area (Å²) in [6.45, 7) is 6.97. The van der Waals surface area contributed by atoms with Crippen LogP contribution in [0.5, 0.6) is 0 Å². The van der Waals surface area contributed by atoms with Crippen LogP contribution < -0.4 is 4.90 Å². The Morgan fingerprint density at radius 1 is 1.04 bits per heavy atom. The monoisotopic (exact) mass is 370 g/mol. The van der Waals surface area contributed by atoms with Gasteiger partial charge in [0.15, 0.2) is 0 Å². The first-order valence-electron chi connectivity index (χ1n) is 9.74. The van der Waals surface area contributed by atoms with Gasteiger partial charge in [-0.15, -0.1) is 10.2 Å². The number of piperidine rings is 1. The summed E-state index contributed by atoms with van der Waals surface area (Å²) in [5, 5.41) is 8.28. The summed E-state index contributed by atoms with van der Waals surface area (Å²) in [6.07, 6.45) is 3.53. The van der Waals surface area contributed by atoms with Crippen LogP contribution in [-0.4, -0.2) is 60.4 Å². The van der Waals surface area contributed by atoms with Crippen molar-refractivity contribution in [3.8, 4) is 11.5 Å². The molecule has 1 aromatic carbocycles. The van der Waals surface area contributed by atoms with Gasteiger partial charge in [-0.3, -0.25) is 4.79 Å². The van der Waals surface area contributed by atoms with Crippen molar-refractivity contribution in [3.05, 3.63) is 29.7 Å². The molecule has 7 heteroatoms. The molecule has 0 radical (unpaired) electrons. The van der Waals surface area contributed by atoms with E-state index in [1.807, 2.05) is 11.0 Å². The van der Waals surface area contributed by atoms with E-state index in [0.717, 1.165) is 69.0 Å². The van der Waals surface area contributed by atoms with Gasteiger partial charge in [-0.05, 0) is 49.9 Å². The minimum absolute atomic E-state index is 0.0724. The van der Waals surface area contributed by atoms with Gasteiger partial charge < -0.3 is 19.0 Å². The number of carbonyl (C=O) groups is 1. The Labute approximate surface area is 159 Å². The molecule has 0 spiro atoms. The van der Waals surface area contributed by atoms with Gasteiger partial charge in [0.1, 0.15) is 6.42 Å². The summed E-state index contributed by atoms with van der Waals surface area (Å²) < 4.78 is 11.3. The molecule has 2 aliphatic rings. The van der Waals surface area contributed by atoms with Gasteiger partial charge in [0.25, 0.3) is 0 Å². The van der Waals surface area contributed by atoms with E-state index in [2.05, 4.69) is 34.2 Å². The summed E-state index contributed by atoms with van der Waals surface area (Å²) in [5.74, 6) is 0.924. The molecule has 2 saturated heterocycles. The summed E-state index contributed by atoms with van der Waals surface area (Å²) in [6, 6.07) is 6.27. The third kappa shape index (κ3) is 4.30. The van der Waals surface area contributed by atoms with E-state index in [9.17, 15) is 4.79 Å². The quantitative estimate of drug-likeness (QED) is 0.823. The molecule has 1 amide bonds. The number of hydrogen-bond donors (Lipinski definition) is 0. The minimum Gasteiger partial charge on any atom is -0.420 e. The first-order valence-corrected chi connectivity index (χ1v) is 9.74. The lowest BCUT2D eigenvalue weighted by atomic mass is 10.1. The molecule has 27 heavy (non-hydrogen) atoms. The van der Waals surface area contributed by atoms with E-state index in [0.29, 0.717) is 11.8 Å². The molecule has 3 heterocycles. The molecule has 0 unspecified atom stereocenters. The second-order valence-corrected chi connectivity index (χ2v) is 7.28. The Morgan fingerprint density at radius 3 is 2.59 bits per heavy atom. The number of amides is 1. The number of benzene rings is 1. The van der Waals surface area contributed by atoms with Crippen molar-refractivity contribution < 1.29 is 13.9 Å². The van der Waals surface area contributed by atoms with Crippen LogP contribution in [0.4, 0.5) is 5.69 Å². The molecule has 144 valence electrons. The van der Waals surface area contributed by atoms with E-state index < -0.39 is 0 Å². The van der Waals surface area contributed by atoms with Crippen molar-refractivity contribution >= 4 is 11.6 Å². The number of anilines is 1. The molecule has 7 nitrogen and oxygen atoms in total. The van der Waals surface area contributed by atoms with Gasteiger partial charge in [0, 0.05) is 37.4 Å². The van der Waals surface area contributed by atoms with Crippen molar-refractivity contribution in [1.82, 2.24) is 15.1 Å². The average molecular weight is 370 g/mol. The third-order valence-electron chi connectivity index (χ3n) is 5.16. The van der Waals surface area contributed by atoms with Crippen LogP contribution in [0.3, 0.4) is 0 Å². The smallest absolute Gasteiger partial charge is 0.247 e. The van der Waals surface area contributed by atoms with Crippen molar-refractivity contribution in [2.24, 2.45) is 0 Å². The van der Waals surface area contributed by atoms with Gasteiger partial charge in [-0.1, -0.05) is 0 Å². The van der Waals surface area contributed by atoms with Crippen molar-refractivity contribution in [3.63, 3.8) is 0 Å². The zero-order chi connectivity index (χ0) is 18.6. The molecule has 0 N–H and O–H groups in total. The van der Waals surface area contributed by atoms with E-state index in [1.165, 1.54) is 6.42 Å². The Hall–Kier alpha value is -2.41. The van der Waals surface area contributed by atoms with Crippen LogP contribution in [0.1, 0.15) is 30.7 Å². The highest BCUT2D eigenvalue weighted by molar-refractivity contribution is 5.78. The van der Waals surface area contributed by atoms with Gasteiger partial charge in [-0.25, -0.2) is 0 Å². The number of ether oxygens (including phenoxy) is 1. The Bertz CT molecular complexity index is 792. The molecule has 1 aromatic heterocycles. The lowest BCUT2D eigenvalue weighted by molar-refractivity contribution is -0.131. The number of rotatable bonds is 4. The van der Waals surface area contributed by atoms with Crippen LogP contribution in [-0.2, 0) is 16.0 Å². The summed E-state index contributed by atoms with van der Waals surface area (Å²) in [4.78, 5) is 16.6. The van der Waals surface area contributed by atoms with Crippen LogP contribution in [0.15, 0.2) is 22.6 Å². The molecular weight excluding hydrogens is 344 g/mol. The first-order chi connectivity index (χ1) is 13.2. The van der Waals surface area contributed by atoms with Crippen LogP contribution in [0, 0.1) is 6.92 Å². The number of aromatic nitrogens is 2. The summed E-state index contributed by atoms with van der Waals surface area (Å²) in [5.41, 5.74) is 3.16. The fourth-order valence-corrected chi connectivity index (χ4v) is 3.72. The second-order valence-electron chi connectivity index (χ2n) is 7.28. The number of likely N-dealkylation sites (tertiary alicyclic amines) is 1. The zero-order valence-electron chi connectivity index (χ0n) is 15.8. The number of carbonyl (C=O) groups excluding carboxylic acids is 1. The van der Waals surface area contributed by atoms with Gasteiger partial charge in [-0.2, -0.15) is 0 Å². The Morgan fingerprint density at radius 2 is 1.81 bits per heavy atom. The van der Waals surface area contributed by atoms with Crippen LogP contribution in [0.2, 0.25) is 0 Å². The lowest BCUT2D eigenvalue weighted by Crippen LogP contribution is -2.36.